The van der Waals surface area contributed by atoms with Gasteiger partial charge in [-0.05, 0) is 51.5 Å². The molecule has 0 aliphatic carbocycles. The average molecular weight is 319 g/mol. The summed E-state index contributed by atoms with van der Waals surface area (Å²) < 4.78 is 0. The van der Waals surface area contributed by atoms with E-state index >= 15 is 0 Å². The lowest BCUT2D eigenvalue weighted by Crippen LogP contribution is -2.05. The van der Waals surface area contributed by atoms with Crippen molar-refractivity contribution in [1.82, 2.24) is 0 Å². The lowest BCUT2D eigenvalue weighted by atomic mass is 10.1. The predicted octanol–water partition coefficient (Wildman–Crippen LogP) is 5.70. The number of carbonyl (C=O) groups excluding carboxylic acids is 1. The van der Waals surface area contributed by atoms with E-state index in [9.17, 15) is 4.79 Å². The molecule has 0 atom stereocenters. The quantitative estimate of drug-likeness (QED) is 0.293. The molecule has 1 radical (unpaired) electrons. The van der Waals surface area contributed by atoms with E-state index in [0.29, 0.717) is 13.0 Å². The summed E-state index contributed by atoms with van der Waals surface area (Å²) in [4.78, 5) is 11.4. The number of nitrogens with two attached hydrogens (primary N) is 1. The number of carbonyl (C=O) groups is 1. The summed E-state index contributed by atoms with van der Waals surface area (Å²) in [6, 6.07) is 0. The fourth-order valence-corrected chi connectivity index (χ4v) is 2.26. The molecule has 0 saturated heterocycles. The molecule has 0 bridgehead atoms. The number of rotatable bonds is 16. The van der Waals surface area contributed by atoms with Crippen molar-refractivity contribution in [3.63, 3.8) is 0 Å². The highest BCUT2D eigenvalue weighted by Crippen LogP contribution is 2.09. The third-order valence-electron chi connectivity index (χ3n) is 3.61. The van der Waals surface area contributed by atoms with E-state index in [1.807, 2.05) is 0 Å². The molecule has 131 valence electrons. The summed E-state index contributed by atoms with van der Waals surface area (Å²) >= 11 is 0. The minimum atomic E-state index is 0.261. The summed E-state index contributed by atoms with van der Waals surface area (Å²) in [6.45, 7) is 2.73. The van der Waals surface area contributed by atoms with Crippen LogP contribution in [0, 0.1) is 6.42 Å². The molecule has 0 rings (SSSR count). The molecule has 0 fully saturated rings. The van der Waals surface area contributed by atoms with E-state index in [2.05, 4.69) is 43.4 Å². The molecular weight excluding hydrogens is 282 g/mol. The normalized spacial score (nSPS) is 12.1. The topological polar surface area (TPSA) is 43.1 Å². The van der Waals surface area contributed by atoms with Crippen LogP contribution in [0.2, 0.25) is 0 Å². The van der Waals surface area contributed by atoms with Crippen molar-refractivity contribution >= 4 is 5.78 Å². The standard InChI is InChI=1S/C21H36NO/c1-2-3-4-5-6-7-8-9-10-11-12-13-14-15-16-18-21(23)19-17-20-22/h3-4,6-7,9-10,19H,2,5,8,11-18,20,22H2,1H3. The van der Waals surface area contributed by atoms with Crippen molar-refractivity contribution in [3.8, 4) is 0 Å². The first-order valence-electron chi connectivity index (χ1n) is 9.32. The number of Topliss-reactive ketones (excluding diaryl/α,β-unsaturated/α-hetero) is 1. The highest BCUT2D eigenvalue weighted by atomic mass is 16.1. The summed E-state index contributed by atoms with van der Waals surface area (Å²) in [7, 11) is 0. The molecule has 0 saturated carbocycles. The Bertz CT molecular complexity index is 342. The zero-order valence-corrected chi connectivity index (χ0v) is 15.0. The molecule has 0 aliphatic rings. The lowest BCUT2D eigenvalue weighted by molar-refractivity contribution is -0.116. The highest BCUT2D eigenvalue weighted by Gasteiger charge is 2.00. The van der Waals surface area contributed by atoms with E-state index in [0.717, 1.165) is 32.1 Å². The van der Waals surface area contributed by atoms with Gasteiger partial charge in [0.15, 0.2) is 0 Å². The van der Waals surface area contributed by atoms with Gasteiger partial charge in [0.1, 0.15) is 5.78 Å². The zero-order chi connectivity index (χ0) is 17.0. The van der Waals surface area contributed by atoms with Crippen LogP contribution in [-0.4, -0.2) is 12.3 Å². The van der Waals surface area contributed by atoms with Crippen LogP contribution in [0.3, 0.4) is 0 Å². The molecule has 2 nitrogen and oxygen atoms in total. The third-order valence-corrected chi connectivity index (χ3v) is 3.61. The SMILES string of the molecule is CCC=CCC=CCC=CCCCCCCCC(=O)[CH]CCN. The van der Waals surface area contributed by atoms with Gasteiger partial charge < -0.3 is 5.73 Å². The minimum absolute atomic E-state index is 0.261. The van der Waals surface area contributed by atoms with Crippen molar-refractivity contribution in [2.24, 2.45) is 5.73 Å². The van der Waals surface area contributed by atoms with Crippen LogP contribution < -0.4 is 5.73 Å². The smallest absolute Gasteiger partial charge is 0.136 e. The molecule has 23 heavy (non-hydrogen) atoms. The number of hydrogen-bond acceptors (Lipinski definition) is 2. The Balaban J connectivity index is 3.28. The van der Waals surface area contributed by atoms with Crippen molar-refractivity contribution in [3.05, 3.63) is 42.9 Å². The van der Waals surface area contributed by atoms with E-state index in [1.165, 1.54) is 32.1 Å². The van der Waals surface area contributed by atoms with Crippen LogP contribution in [-0.2, 0) is 4.79 Å². The minimum Gasteiger partial charge on any atom is -0.330 e. The largest absolute Gasteiger partial charge is 0.330 e. The highest BCUT2D eigenvalue weighted by molar-refractivity contribution is 5.86. The summed E-state index contributed by atoms with van der Waals surface area (Å²) in [5.41, 5.74) is 5.37. The Labute approximate surface area is 143 Å². The van der Waals surface area contributed by atoms with Crippen molar-refractivity contribution in [1.29, 1.82) is 0 Å². The number of allylic oxidation sites excluding steroid dienone is 6. The predicted molar refractivity (Wildman–Crippen MR) is 102 cm³/mol. The first kappa shape index (κ1) is 21.9. The van der Waals surface area contributed by atoms with Gasteiger partial charge in [0, 0.05) is 12.8 Å². The van der Waals surface area contributed by atoms with Gasteiger partial charge in [0.25, 0.3) is 0 Å². The van der Waals surface area contributed by atoms with Gasteiger partial charge in [-0.15, -0.1) is 0 Å². The second kappa shape index (κ2) is 18.9. The average Bonchev–Trinajstić information content (AvgIpc) is 2.56. The van der Waals surface area contributed by atoms with E-state index in [4.69, 9.17) is 5.73 Å². The maximum atomic E-state index is 11.4. The van der Waals surface area contributed by atoms with Gasteiger partial charge in [-0.1, -0.05) is 62.6 Å². The van der Waals surface area contributed by atoms with Crippen LogP contribution in [0.4, 0.5) is 0 Å². The number of ketones is 1. The van der Waals surface area contributed by atoms with E-state index in [1.54, 1.807) is 6.42 Å². The zero-order valence-electron chi connectivity index (χ0n) is 15.0. The van der Waals surface area contributed by atoms with Crippen LogP contribution in [0.25, 0.3) is 0 Å². The molecule has 0 aromatic rings. The molecule has 0 unspecified atom stereocenters. The summed E-state index contributed by atoms with van der Waals surface area (Å²) in [6.07, 6.45) is 26.9. The van der Waals surface area contributed by atoms with Gasteiger partial charge in [0.05, 0.1) is 0 Å². The first-order chi connectivity index (χ1) is 11.3. The summed E-state index contributed by atoms with van der Waals surface area (Å²) in [5, 5.41) is 0. The van der Waals surface area contributed by atoms with Crippen molar-refractivity contribution in [2.45, 2.75) is 77.6 Å². The van der Waals surface area contributed by atoms with Crippen LogP contribution in [0.15, 0.2) is 36.5 Å². The Morgan fingerprint density at radius 1 is 0.783 bits per heavy atom. The molecule has 0 amide bonds. The van der Waals surface area contributed by atoms with Crippen LogP contribution in [0.1, 0.15) is 77.6 Å². The number of hydrogen-bond donors (Lipinski definition) is 1. The van der Waals surface area contributed by atoms with Gasteiger partial charge in [-0.25, -0.2) is 0 Å². The van der Waals surface area contributed by atoms with Gasteiger partial charge >= 0.3 is 0 Å². The Kier molecular flexibility index (Phi) is 18.0. The van der Waals surface area contributed by atoms with Gasteiger partial charge in [-0.2, -0.15) is 0 Å². The molecule has 2 heteroatoms. The van der Waals surface area contributed by atoms with Gasteiger partial charge in [-0.3, -0.25) is 4.79 Å². The maximum absolute atomic E-state index is 11.4. The van der Waals surface area contributed by atoms with E-state index < -0.39 is 0 Å². The third kappa shape index (κ3) is 18.8. The number of unbranched alkanes of at least 4 members (excludes halogenated alkanes) is 5. The molecular formula is C21H36NO. The Hall–Kier alpha value is -1.15. The van der Waals surface area contributed by atoms with Crippen LogP contribution >= 0.6 is 0 Å². The second-order valence-corrected chi connectivity index (χ2v) is 5.85. The molecule has 0 spiro atoms. The molecule has 0 aliphatic heterocycles. The second-order valence-electron chi connectivity index (χ2n) is 5.85. The molecule has 0 heterocycles. The van der Waals surface area contributed by atoms with Crippen LogP contribution in [0.5, 0.6) is 0 Å². The molecule has 0 aromatic heterocycles. The van der Waals surface area contributed by atoms with Gasteiger partial charge in [0.2, 0.25) is 0 Å². The van der Waals surface area contributed by atoms with Crippen molar-refractivity contribution < 1.29 is 4.79 Å². The Morgan fingerprint density at radius 3 is 2.09 bits per heavy atom. The van der Waals surface area contributed by atoms with Crippen molar-refractivity contribution in [2.75, 3.05) is 6.54 Å². The maximum Gasteiger partial charge on any atom is 0.136 e. The Morgan fingerprint density at radius 2 is 1.39 bits per heavy atom. The van der Waals surface area contributed by atoms with E-state index in [-0.39, 0.29) is 5.78 Å². The first-order valence-corrected chi connectivity index (χ1v) is 9.32. The molecule has 0 aromatic carbocycles. The monoisotopic (exact) mass is 318 g/mol. The fourth-order valence-electron chi connectivity index (χ4n) is 2.26. The summed E-state index contributed by atoms with van der Waals surface area (Å²) in [5.74, 6) is 0.261. The molecule has 2 N–H and O–H groups in total. The fraction of sp³-hybridized carbons (Fsp3) is 0.619. The lowest BCUT2D eigenvalue weighted by Gasteiger charge is -2.00.